The number of nitrogens with two attached hydrogens (primary N) is 1. The van der Waals surface area contributed by atoms with Crippen molar-refractivity contribution in [1.82, 2.24) is 4.98 Å². The number of nitrogens with one attached hydrogen (secondary N) is 1. The van der Waals surface area contributed by atoms with Crippen LogP contribution in [0.1, 0.15) is 53.6 Å². The summed E-state index contributed by atoms with van der Waals surface area (Å²) in [5.74, 6) is -0.881. The highest BCUT2D eigenvalue weighted by molar-refractivity contribution is 6.01. The molecule has 1 rings (SSSR count). The first-order valence-electron chi connectivity index (χ1n) is 6.41. The molecule has 0 spiro atoms. The molecule has 0 amide bonds. The van der Waals surface area contributed by atoms with Gasteiger partial charge in [-0.3, -0.25) is 0 Å². The van der Waals surface area contributed by atoms with Crippen molar-refractivity contribution in [3.63, 3.8) is 0 Å². The Hall–Kier alpha value is -1.98. The van der Waals surface area contributed by atoms with E-state index in [1.807, 2.05) is 6.92 Å². The van der Waals surface area contributed by atoms with Crippen molar-refractivity contribution < 1.29 is 19.1 Å². The standard InChI is InChI=1S/C13H20N2O4/c1-4-7-8-9(12(16)18-5-2)11(14)15-10(8)13(17)19-6-3/h15H,4-7,14H2,1-3H3. The molecule has 3 N–H and O–H groups in total. The van der Waals surface area contributed by atoms with E-state index in [1.165, 1.54) is 0 Å². The number of carbonyl (C=O) groups excluding carboxylic acids is 2. The van der Waals surface area contributed by atoms with Gasteiger partial charge in [0.15, 0.2) is 0 Å². The number of esters is 2. The number of aromatic amines is 1. The number of anilines is 1. The Kier molecular flexibility index (Phi) is 5.41. The van der Waals surface area contributed by atoms with E-state index in [1.54, 1.807) is 13.8 Å². The Morgan fingerprint density at radius 3 is 2.21 bits per heavy atom. The Labute approximate surface area is 112 Å². The molecule has 0 aliphatic heterocycles. The first kappa shape index (κ1) is 15.1. The zero-order valence-corrected chi connectivity index (χ0v) is 11.5. The fraction of sp³-hybridized carbons (Fsp3) is 0.538. The summed E-state index contributed by atoms with van der Waals surface area (Å²) in [5, 5.41) is 0. The summed E-state index contributed by atoms with van der Waals surface area (Å²) >= 11 is 0. The van der Waals surface area contributed by atoms with Gasteiger partial charge in [-0.15, -0.1) is 0 Å². The number of hydrogen-bond acceptors (Lipinski definition) is 5. The Balaban J connectivity index is 3.23. The molecule has 6 nitrogen and oxygen atoms in total. The smallest absolute Gasteiger partial charge is 0.355 e. The summed E-state index contributed by atoms with van der Waals surface area (Å²) in [6, 6.07) is 0. The van der Waals surface area contributed by atoms with Crippen LogP contribution in [-0.4, -0.2) is 30.1 Å². The van der Waals surface area contributed by atoms with Crippen molar-refractivity contribution in [3.05, 3.63) is 16.8 Å². The molecule has 0 fully saturated rings. The van der Waals surface area contributed by atoms with Crippen LogP contribution in [-0.2, 0) is 15.9 Å². The van der Waals surface area contributed by atoms with Crippen molar-refractivity contribution in [3.8, 4) is 0 Å². The molecule has 1 aromatic rings. The van der Waals surface area contributed by atoms with Crippen molar-refractivity contribution in [1.29, 1.82) is 0 Å². The van der Waals surface area contributed by atoms with E-state index in [2.05, 4.69) is 4.98 Å². The Morgan fingerprint density at radius 2 is 1.68 bits per heavy atom. The van der Waals surface area contributed by atoms with E-state index in [-0.39, 0.29) is 30.3 Å². The molecular weight excluding hydrogens is 248 g/mol. The van der Waals surface area contributed by atoms with Gasteiger partial charge < -0.3 is 20.2 Å². The third kappa shape index (κ3) is 3.27. The van der Waals surface area contributed by atoms with E-state index in [0.717, 1.165) is 6.42 Å². The summed E-state index contributed by atoms with van der Waals surface area (Å²) < 4.78 is 9.90. The fourth-order valence-corrected chi connectivity index (χ4v) is 1.87. The minimum atomic E-state index is -0.518. The number of H-pyrrole nitrogens is 1. The van der Waals surface area contributed by atoms with E-state index >= 15 is 0 Å². The zero-order valence-electron chi connectivity index (χ0n) is 11.5. The zero-order chi connectivity index (χ0) is 14.4. The van der Waals surface area contributed by atoms with Crippen LogP contribution in [0.4, 0.5) is 5.82 Å². The molecule has 0 aliphatic carbocycles. The lowest BCUT2D eigenvalue weighted by Crippen LogP contribution is -2.11. The van der Waals surface area contributed by atoms with Crippen LogP contribution < -0.4 is 5.73 Å². The van der Waals surface area contributed by atoms with Gasteiger partial charge in [0.2, 0.25) is 0 Å². The molecule has 106 valence electrons. The molecule has 0 unspecified atom stereocenters. The van der Waals surface area contributed by atoms with Crippen LogP contribution in [0.3, 0.4) is 0 Å². The molecule has 0 aliphatic rings. The van der Waals surface area contributed by atoms with Gasteiger partial charge in [0, 0.05) is 5.56 Å². The predicted octanol–water partition coefficient (Wildman–Crippen LogP) is 1.90. The Bertz CT molecular complexity index is 465. The molecule has 0 atom stereocenters. The second-order valence-corrected chi connectivity index (χ2v) is 3.96. The number of carbonyl (C=O) groups is 2. The lowest BCUT2D eigenvalue weighted by molar-refractivity contribution is 0.0518. The molecule has 0 saturated carbocycles. The lowest BCUT2D eigenvalue weighted by atomic mass is 10.1. The van der Waals surface area contributed by atoms with Gasteiger partial charge in [-0.1, -0.05) is 13.3 Å². The maximum atomic E-state index is 11.9. The quantitative estimate of drug-likeness (QED) is 0.768. The average molecular weight is 268 g/mol. The second kappa shape index (κ2) is 6.82. The molecule has 1 aromatic heterocycles. The fourth-order valence-electron chi connectivity index (χ4n) is 1.87. The highest BCUT2D eigenvalue weighted by Gasteiger charge is 2.26. The summed E-state index contributed by atoms with van der Waals surface area (Å²) in [6.07, 6.45) is 1.33. The van der Waals surface area contributed by atoms with Gasteiger partial charge in [0.05, 0.1) is 13.2 Å². The number of hydrogen-bond donors (Lipinski definition) is 2. The molecule has 19 heavy (non-hydrogen) atoms. The minimum Gasteiger partial charge on any atom is -0.462 e. The van der Waals surface area contributed by atoms with Gasteiger partial charge in [0.1, 0.15) is 17.1 Å². The van der Waals surface area contributed by atoms with Crippen LogP contribution in [0, 0.1) is 0 Å². The molecule has 0 bridgehead atoms. The van der Waals surface area contributed by atoms with E-state index < -0.39 is 11.9 Å². The Morgan fingerprint density at radius 1 is 1.11 bits per heavy atom. The summed E-state index contributed by atoms with van der Waals surface area (Å²) in [5.41, 5.74) is 6.82. The van der Waals surface area contributed by atoms with Crippen LogP contribution in [0.5, 0.6) is 0 Å². The van der Waals surface area contributed by atoms with Crippen LogP contribution in [0.15, 0.2) is 0 Å². The number of ether oxygens (including phenoxy) is 2. The first-order valence-corrected chi connectivity index (χ1v) is 6.41. The highest BCUT2D eigenvalue weighted by atomic mass is 16.5. The third-order valence-electron chi connectivity index (χ3n) is 2.59. The second-order valence-electron chi connectivity index (χ2n) is 3.96. The van der Waals surface area contributed by atoms with E-state index in [4.69, 9.17) is 15.2 Å². The molecule has 6 heteroatoms. The van der Waals surface area contributed by atoms with E-state index in [0.29, 0.717) is 12.0 Å². The predicted molar refractivity (Wildman–Crippen MR) is 71.1 cm³/mol. The third-order valence-corrected chi connectivity index (χ3v) is 2.59. The summed E-state index contributed by atoms with van der Waals surface area (Å²) in [7, 11) is 0. The van der Waals surface area contributed by atoms with Crippen LogP contribution >= 0.6 is 0 Å². The first-order chi connectivity index (χ1) is 9.06. The van der Waals surface area contributed by atoms with Gasteiger partial charge in [-0.2, -0.15) is 0 Å². The van der Waals surface area contributed by atoms with Crippen LogP contribution in [0.25, 0.3) is 0 Å². The monoisotopic (exact) mass is 268 g/mol. The number of nitrogen functional groups attached to an aromatic ring is 1. The lowest BCUT2D eigenvalue weighted by Gasteiger charge is -2.06. The van der Waals surface area contributed by atoms with Gasteiger partial charge in [0.25, 0.3) is 0 Å². The van der Waals surface area contributed by atoms with Gasteiger partial charge in [-0.05, 0) is 20.3 Å². The minimum absolute atomic E-state index is 0.143. The summed E-state index contributed by atoms with van der Waals surface area (Å²) in [6.45, 7) is 5.90. The average Bonchev–Trinajstić information content (AvgIpc) is 2.67. The SMILES string of the molecule is CCCc1c(C(=O)OCC)[nH]c(N)c1C(=O)OCC. The van der Waals surface area contributed by atoms with Gasteiger partial charge >= 0.3 is 11.9 Å². The van der Waals surface area contributed by atoms with Gasteiger partial charge in [-0.25, -0.2) is 9.59 Å². The molecule has 0 radical (unpaired) electrons. The van der Waals surface area contributed by atoms with E-state index in [9.17, 15) is 9.59 Å². The molecule has 1 heterocycles. The van der Waals surface area contributed by atoms with Crippen molar-refractivity contribution >= 4 is 17.8 Å². The maximum Gasteiger partial charge on any atom is 0.355 e. The van der Waals surface area contributed by atoms with Crippen molar-refractivity contribution in [2.45, 2.75) is 33.6 Å². The topological polar surface area (TPSA) is 94.4 Å². The number of aromatic nitrogens is 1. The maximum absolute atomic E-state index is 11.9. The molecular formula is C13H20N2O4. The molecule has 0 saturated heterocycles. The molecule has 0 aromatic carbocycles. The number of rotatable bonds is 6. The normalized spacial score (nSPS) is 10.3. The van der Waals surface area contributed by atoms with Crippen molar-refractivity contribution in [2.24, 2.45) is 0 Å². The van der Waals surface area contributed by atoms with Crippen LogP contribution in [0.2, 0.25) is 0 Å². The highest BCUT2D eigenvalue weighted by Crippen LogP contribution is 2.24. The largest absolute Gasteiger partial charge is 0.462 e. The summed E-state index contributed by atoms with van der Waals surface area (Å²) in [4.78, 5) is 26.4. The van der Waals surface area contributed by atoms with Crippen molar-refractivity contribution in [2.75, 3.05) is 18.9 Å².